The van der Waals surface area contributed by atoms with Crippen LogP contribution >= 0.6 is 0 Å². The van der Waals surface area contributed by atoms with Crippen LogP contribution in [0.2, 0.25) is 0 Å². The molecular weight excluding hydrogens is 490 g/mol. The summed E-state index contributed by atoms with van der Waals surface area (Å²) in [5.74, 6) is -0.168. The second-order valence-electron chi connectivity index (χ2n) is 12.1. The number of aliphatic hydroxyl groups excluding tert-OH is 1. The van der Waals surface area contributed by atoms with Crippen molar-refractivity contribution in [1.82, 2.24) is 14.7 Å². The van der Waals surface area contributed by atoms with Crippen LogP contribution in [0, 0.1) is 5.41 Å². The van der Waals surface area contributed by atoms with E-state index in [1.54, 1.807) is 60.7 Å². The van der Waals surface area contributed by atoms with E-state index >= 15 is 0 Å². The van der Waals surface area contributed by atoms with Crippen LogP contribution in [0.1, 0.15) is 81.6 Å². The summed E-state index contributed by atoms with van der Waals surface area (Å²) < 4.78 is 12.2. The Balaban J connectivity index is 2.30. The lowest BCUT2D eigenvalue weighted by Gasteiger charge is -2.29. The second kappa shape index (κ2) is 11.9. The van der Waals surface area contributed by atoms with Crippen LogP contribution in [0.4, 0.5) is 9.59 Å². The highest BCUT2D eigenvalue weighted by molar-refractivity contribution is 6.22. The molecule has 11 heteroatoms. The van der Waals surface area contributed by atoms with Gasteiger partial charge >= 0.3 is 12.2 Å². The van der Waals surface area contributed by atoms with Crippen molar-refractivity contribution in [3.63, 3.8) is 0 Å². The van der Waals surface area contributed by atoms with Crippen molar-refractivity contribution in [2.24, 2.45) is 15.4 Å². The first-order valence-corrected chi connectivity index (χ1v) is 12.7. The average Bonchev–Trinajstić information content (AvgIpc) is 3.22. The van der Waals surface area contributed by atoms with E-state index in [0.29, 0.717) is 25.0 Å². The van der Waals surface area contributed by atoms with Gasteiger partial charge in [0.05, 0.1) is 5.57 Å². The van der Waals surface area contributed by atoms with E-state index in [2.05, 4.69) is 15.1 Å². The lowest BCUT2D eigenvalue weighted by atomic mass is 9.76. The minimum absolute atomic E-state index is 0.0494. The van der Waals surface area contributed by atoms with Crippen LogP contribution < -0.4 is 0 Å². The van der Waals surface area contributed by atoms with E-state index in [-0.39, 0.29) is 41.6 Å². The summed E-state index contributed by atoms with van der Waals surface area (Å²) >= 11 is 0. The van der Waals surface area contributed by atoms with Crippen LogP contribution in [0.3, 0.4) is 0 Å². The van der Waals surface area contributed by atoms with Gasteiger partial charge in [-0.1, -0.05) is 13.8 Å². The van der Waals surface area contributed by atoms with Gasteiger partial charge in [0.2, 0.25) is 5.96 Å². The third-order valence-electron chi connectivity index (χ3n) is 5.25. The Morgan fingerprint density at radius 2 is 1.76 bits per heavy atom. The minimum Gasteiger partial charge on any atom is -0.511 e. The summed E-state index contributed by atoms with van der Waals surface area (Å²) in [5, 5.41) is 14.6. The van der Waals surface area contributed by atoms with Crippen LogP contribution in [0.5, 0.6) is 0 Å². The molecule has 2 rings (SSSR count). The largest absolute Gasteiger partial charge is 0.511 e. The first kappa shape index (κ1) is 30.7. The molecule has 0 spiro atoms. The number of allylic oxidation sites excluding steroid dienone is 2. The normalized spacial score (nSPS) is 16.9. The van der Waals surface area contributed by atoms with Gasteiger partial charge in [0.1, 0.15) is 17.0 Å². The maximum atomic E-state index is 13.2. The van der Waals surface area contributed by atoms with Gasteiger partial charge in [0.25, 0.3) is 0 Å². The van der Waals surface area contributed by atoms with E-state index in [1.807, 2.05) is 13.8 Å². The molecule has 0 saturated heterocycles. The zero-order valence-corrected chi connectivity index (χ0v) is 24.0. The number of carbonyl (C=O) groups excluding carboxylic acids is 3. The van der Waals surface area contributed by atoms with E-state index in [9.17, 15) is 19.5 Å². The molecule has 1 heterocycles. The molecule has 38 heavy (non-hydrogen) atoms. The second-order valence-corrected chi connectivity index (χ2v) is 12.1. The Labute approximate surface area is 224 Å². The molecule has 1 aromatic rings. The third-order valence-corrected chi connectivity index (χ3v) is 5.25. The number of hydrogen-bond donors (Lipinski definition) is 1. The topological polar surface area (TPSA) is 136 Å². The number of hydrogen-bond acceptors (Lipinski definition) is 8. The number of amides is 2. The number of ether oxygens (including phenoxy) is 2. The van der Waals surface area contributed by atoms with E-state index < -0.39 is 23.4 Å². The maximum Gasteiger partial charge on any atom is 0.437 e. The van der Waals surface area contributed by atoms with Crippen molar-refractivity contribution >= 4 is 29.6 Å². The number of rotatable bonds is 5. The molecule has 1 aromatic heterocycles. The zero-order valence-electron chi connectivity index (χ0n) is 24.0. The van der Waals surface area contributed by atoms with Crippen molar-refractivity contribution in [2.75, 3.05) is 13.1 Å². The quantitative estimate of drug-likeness (QED) is 0.309. The molecule has 2 amide bonds. The monoisotopic (exact) mass is 531 g/mol. The SMILES string of the molecule is CC(=NCCCN(C(=O)OC(C)(C)C)C(=NC(=O)OC(C)(C)C)n1cccn1)C1=C(O)CC(C)(C)CC1=O. The van der Waals surface area contributed by atoms with Crippen molar-refractivity contribution in [2.45, 2.75) is 92.8 Å². The minimum atomic E-state index is -0.883. The lowest BCUT2D eigenvalue weighted by Crippen LogP contribution is -2.45. The van der Waals surface area contributed by atoms with Crippen LogP contribution in [0.15, 0.2) is 39.8 Å². The molecule has 11 nitrogen and oxygen atoms in total. The Bertz CT molecular complexity index is 1120. The lowest BCUT2D eigenvalue weighted by molar-refractivity contribution is -0.117. The first-order valence-electron chi connectivity index (χ1n) is 12.7. The van der Waals surface area contributed by atoms with E-state index in [4.69, 9.17) is 9.47 Å². The van der Waals surface area contributed by atoms with Gasteiger partial charge in [-0.3, -0.25) is 9.79 Å². The van der Waals surface area contributed by atoms with Gasteiger partial charge in [-0.25, -0.2) is 19.2 Å². The summed E-state index contributed by atoms with van der Waals surface area (Å²) in [4.78, 5) is 48.1. The molecule has 0 aliphatic heterocycles. The van der Waals surface area contributed by atoms with Gasteiger partial charge in [0, 0.05) is 44.0 Å². The molecule has 0 radical (unpaired) electrons. The fourth-order valence-electron chi connectivity index (χ4n) is 3.83. The zero-order chi connectivity index (χ0) is 28.9. The number of aliphatic hydroxyl groups is 1. The number of aliphatic imine (C=N–C) groups is 2. The molecule has 0 aromatic carbocycles. The Morgan fingerprint density at radius 3 is 2.29 bits per heavy atom. The molecule has 210 valence electrons. The van der Waals surface area contributed by atoms with Gasteiger partial charge in [0.15, 0.2) is 5.78 Å². The molecule has 0 saturated carbocycles. The molecule has 0 fully saturated rings. The average molecular weight is 532 g/mol. The third kappa shape index (κ3) is 9.42. The molecule has 0 bridgehead atoms. The van der Waals surface area contributed by atoms with Crippen LogP contribution in [-0.2, 0) is 14.3 Å². The maximum absolute atomic E-state index is 13.2. The van der Waals surface area contributed by atoms with Gasteiger partial charge < -0.3 is 14.6 Å². The summed E-state index contributed by atoms with van der Waals surface area (Å²) in [7, 11) is 0. The highest BCUT2D eigenvalue weighted by Crippen LogP contribution is 2.36. The Kier molecular flexibility index (Phi) is 9.63. The Morgan fingerprint density at radius 1 is 1.13 bits per heavy atom. The van der Waals surface area contributed by atoms with E-state index in [0.717, 1.165) is 0 Å². The van der Waals surface area contributed by atoms with Crippen molar-refractivity contribution < 1.29 is 29.0 Å². The van der Waals surface area contributed by atoms with Crippen LogP contribution in [0.25, 0.3) is 0 Å². The van der Waals surface area contributed by atoms with Crippen molar-refractivity contribution in [3.8, 4) is 0 Å². The number of aromatic nitrogens is 2. The Hall–Kier alpha value is -3.50. The van der Waals surface area contributed by atoms with Crippen molar-refractivity contribution in [1.29, 1.82) is 0 Å². The van der Waals surface area contributed by atoms with Gasteiger partial charge in [-0.05, 0) is 66.4 Å². The number of nitrogens with zero attached hydrogens (tertiary/aromatic N) is 5. The number of ketones is 1. The molecule has 0 unspecified atom stereocenters. The molecule has 0 atom stereocenters. The molecule has 1 aliphatic carbocycles. The standard InChI is InChI=1S/C27H41N5O6/c1-18(21-19(33)16-27(8,9)17-20(21)34)28-12-10-14-31(24(36)38-26(5,6)7)22(32-15-11-13-29-32)30-23(35)37-25(2,3)4/h11,13,15,33H,10,12,14,16-17H2,1-9H3. The molecule has 1 aliphatic rings. The molecule has 1 N–H and O–H groups in total. The summed E-state index contributed by atoms with van der Waals surface area (Å²) in [6.45, 7) is 16.2. The fraction of sp³-hybridized carbons (Fsp3) is 0.630. The fourth-order valence-corrected chi connectivity index (χ4v) is 3.83. The predicted octanol–water partition coefficient (Wildman–Crippen LogP) is 5.31. The summed E-state index contributed by atoms with van der Waals surface area (Å²) in [5.41, 5.74) is -1.18. The highest BCUT2D eigenvalue weighted by atomic mass is 16.6. The van der Waals surface area contributed by atoms with Gasteiger partial charge in [-0.15, -0.1) is 4.99 Å². The number of Topliss-reactive ketones (excluding diaryl/α,β-unsaturated/α-hetero) is 1. The smallest absolute Gasteiger partial charge is 0.437 e. The number of carbonyl (C=O) groups is 3. The van der Waals surface area contributed by atoms with Gasteiger partial charge in [-0.2, -0.15) is 5.10 Å². The van der Waals surface area contributed by atoms with Crippen molar-refractivity contribution in [3.05, 3.63) is 29.8 Å². The van der Waals surface area contributed by atoms with Crippen LogP contribution in [-0.4, -0.2) is 73.7 Å². The summed E-state index contributed by atoms with van der Waals surface area (Å²) in [6, 6.07) is 1.63. The predicted molar refractivity (Wildman–Crippen MR) is 145 cm³/mol. The summed E-state index contributed by atoms with van der Waals surface area (Å²) in [6.07, 6.45) is 2.52. The molecular formula is C27H41N5O6. The first-order chi connectivity index (χ1) is 17.4. The highest BCUT2D eigenvalue weighted by Gasteiger charge is 2.34. The van der Waals surface area contributed by atoms with E-state index in [1.165, 1.54) is 15.8 Å².